The van der Waals surface area contributed by atoms with Crippen LogP contribution in [0.3, 0.4) is 0 Å². The number of carbonyl (C=O) groups excluding carboxylic acids is 1. The van der Waals surface area contributed by atoms with Gasteiger partial charge in [0, 0.05) is 32.3 Å². The molecule has 5 heteroatoms. The number of rotatable bonds is 5. The van der Waals surface area contributed by atoms with Gasteiger partial charge in [-0.25, -0.2) is 0 Å². The van der Waals surface area contributed by atoms with E-state index in [9.17, 15) is 4.79 Å². The molecule has 0 spiro atoms. The molecule has 2 aromatic rings. The van der Waals surface area contributed by atoms with Gasteiger partial charge in [0.15, 0.2) is 0 Å². The number of hydrogen-bond acceptors (Lipinski definition) is 3. The zero-order valence-corrected chi connectivity index (χ0v) is 16.2. The number of nitrogens with zero attached hydrogens (tertiary/aromatic N) is 1. The Morgan fingerprint density at radius 1 is 1.19 bits per heavy atom. The third kappa shape index (κ3) is 4.64. The molecule has 1 atom stereocenters. The molecule has 0 radical (unpaired) electrons. The predicted molar refractivity (Wildman–Crippen MR) is 107 cm³/mol. The summed E-state index contributed by atoms with van der Waals surface area (Å²) in [6, 6.07) is 16.4. The van der Waals surface area contributed by atoms with Crippen LogP contribution in [0.4, 0.5) is 0 Å². The number of nitrogens with one attached hydrogen (secondary N) is 1. The van der Waals surface area contributed by atoms with Crippen LogP contribution < -0.4 is 5.32 Å². The molecule has 1 fully saturated rings. The van der Waals surface area contributed by atoms with E-state index in [4.69, 9.17) is 4.74 Å². The SMILES string of the molecule is CCc1ccc(C2CNCCN2C(=O)c2cccc(COC)c2)cc1.Cl. The summed E-state index contributed by atoms with van der Waals surface area (Å²) < 4.78 is 5.19. The molecule has 1 amide bonds. The van der Waals surface area contributed by atoms with Crippen molar-refractivity contribution in [3.8, 4) is 0 Å². The lowest BCUT2D eigenvalue weighted by atomic mass is 9.99. The molecular weight excluding hydrogens is 348 g/mol. The van der Waals surface area contributed by atoms with Crippen molar-refractivity contribution >= 4 is 18.3 Å². The molecule has 0 aliphatic carbocycles. The summed E-state index contributed by atoms with van der Waals surface area (Å²) in [6.07, 6.45) is 1.03. The highest BCUT2D eigenvalue weighted by atomic mass is 35.5. The molecular formula is C21H27ClN2O2. The number of benzene rings is 2. The molecule has 2 aromatic carbocycles. The Morgan fingerprint density at radius 2 is 1.96 bits per heavy atom. The Morgan fingerprint density at radius 3 is 2.65 bits per heavy atom. The molecule has 0 aromatic heterocycles. The molecule has 1 saturated heterocycles. The molecule has 0 saturated carbocycles. The van der Waals surface area contributed by atoms with Crippen molar-refractivity contribution in [1.82, 2.24) is 10.2 Å². The fourth-order valence-corrected chi connectivity index (χ4v) is 3.35. The largest absolute Gasteiger partial charge is 0.380 e. The Hall–Kier alpha value is -1.88. The van der Waals surface area contributed by atoms with E-state index >= 15 is 0 Å². The second-order valence-electron chi connectivity index (χ2n) is 6.45. The third-order valence-electron chi connectivity index (χ3n) is 4.76. The van der Waals surface area contributed by atoms with Crippen LogP contribution in [0.1, 0.15) is 40.0 Å². The molecule has 0 bridgehead atoms. The van der Waals surface area contributed by atoms with Crippen molar-refractivity contribution in [2.24, 2.45) is 0 Å². The Kier molecular flexibility index (Phi) is 7.64. The van der Waals surface area contributed by atoms with Crippen molar-refractivity contribution in [3.63, 3.8) is 0 Å². The Bertz CT molecular complexity index is 718. The molecule has 1 N–H and O–H groups in total. The van der Waals surface area contributed by atoms with Gasteiger partial charge in [0.2, 0.25) is 0 Å². The summed E-state index contributed by atoms with van der Waals surface area (Å²) in [7, 11) is 1.67. The first-order chi connectivity index (χ1) is 12.2. The van der Waals surface area contributed by atoms with E-state index in [2.05, 4.69) is 36.5 Å². The highest BCUT2D eigenvalue weighted by Gasteiger charge is 2.28. The van der Waals surface area contributed by atoms with E-state index in [-0.39, 0.29) is 24.4 Å². The minimum Gasteiger partial charge on any atom is -0.380 e. The first-order valence-electron chi connectivity index (χ1n) is 8.91. The van der Waals surface area contributed by atoms with Crippen LogP contribution in [0.2, 0.25) is 0 Å². The minimum atomic E-state index is 0. The fraction of sp³-hybridized carbons (Fsp3) is 0.381. The normalized spacial score (nSPS) is 16.8. The second kappa shape index (κ2) is 9.72. The van der Waals surface area contributed by atoms with Gasteiger partial charge in [0.05, 0.1) is 12.6 Å². The van der Waals surface area contributed by atoms with Crippen molar-refractivity contribution in [1.29, 1.82) is 0 Å². The van der Waals surface area contributed by atoms with Crippen LogP contribution in [-0.4, -0.2) is 37.6 Å². The van der Waals surface area contributed by atoms with Crippen LogP contribution >= 0.6 is 12.4 Å². The standard InChI is InChI=1S/C21H26N2O2.ClH/c1-3-16-7-9-18(10-8-16)20-14-22-11-12-23(20)21(24)19-6-4-5-17(13-19)15-25-2;/h4-10,13,20,22H,3,11-12,14-15H2,1-2H3;1H. The number of piperazine rings is 1. The number of carbonyl (C=O) groups is 1. The summed E-state index contributed by atoms with van der Waals surface area (Å²) in [5.41, 5.74) is 4.25. The lowest BCUT2D eigenvalue weighted by Crippen LogP contribution is -2.48. The monoisotopic (exact) mass is 374 g/mol. The summed E-state index contributed by atoms with van der Waals surface area (Å²) >= 11 is 0. The van der Waals surface area contributed by atoms with Crippen molar-refractivity contribution < 1.29 is 9.53 Å². The van der Waals surface area contributed by atoms with Gasteiger partial charge in [0.1, 0.15) is 0 Å². The van der Waals surface area contributed by atoms with Crippen molar-refractivity contribution in [2.45, 2.75) is 26.0 Å². The number of ether oxygens (including phenoxy) is 1. The maximum absolute atomic E-state index is 13.1. The van der Waals surface area contributed by atoms with Crippen LogP contribution in [0, 0.1) is 0 Å². The zero-order valence-electron chi connectivity index (χ0n) is 15.4. The molecule has 1 aliphatic rings. The number of aryl methyl sites for hydroxylation is 1. The number of hydrogen-bond donors (Lipinski definition) is 1. The molecule has 1 heterocycles. The second-order valence-corrected chi connectivity index (χ2v) is 6.45. The van der Waals surface area contributed by atoms with Crippen molar-refractivity contribution in [3.05, 3.63) is 70.8 Å². The van der Waals surface area contributed by atoms with Crippen LogP contribution in [0.25, 0.3) is 0 Å². The van der Waals surface area contributed by atoms with E-state index in [0.717, 1.165) is 30.6 Å². The van der Waals surface area contributed by atoms with Gasteiger partial charge < -0.3 is 15.0 Å². The lowest BCUT2D eigenvalue weighted by Gasteiger charge is -2.36. The van der Waals surface area contributed by atoms with Gasteiger partial charge in [-0.05, 0) is 35.2 Å². The van der Waals surface area contributed by atoms with E-state index in [1.54, 1.807) is 7.11 Å². The number of halogens is 1. The molecule has 1 unspecified atom stereocenters. The first kappa shape index (κ1) is 20.4. The summed E-state index contributed by atoms with van der Waals surface area (Å²) in [5, 5.41) is 3.42. The summed E-state index contributed by atoms with van der Waals surface area (Å²) in [5.74, 6) is 0.0871. The van der Waals surface area contributed by atoms with Gasteiger partial charge in [0.25, 0.3) is 5.91 Å². The smallest absolute Gasteiger partial charge is 0.254 e. The van der Waals surface area contributed by atoms with E-state index < -0.39 is 0 Å². The lowest BCUT2D eigenvalue weighted by molar-refractivity contribution is 0.0634. The molecule has 3 rings (SSSR count). The first-order valence-corrected chi connectivity index (χ1v) is 8.91. The number of amides is 1. The maximum Gasteiger partial charge on any atom is 0.254 e. The topological polar surface area (TPSA) is 41.6 Å². The van der Waals surface area contributed by atoms with E-state index in [1.807, 2.05) is 29.2 Å². The third-order valence-corrected chi connectivity index (χ3v) is 4.76. The van der Waals surface area contributed by atoms with Crippen LogP contribution in [0.15, 0.2) is 48.5 Å². The van der Waals surface area contributed by atoms with Crippen molar-refractivity contribution in [2.75, 3.05) is 26.7 Å². The minimum absolute atomic E-state index is 0. The zero-order chi connectivity index (χ0) is 17.6. The maximum atomic E-state index is 13.1. The van der Waals surface area contributed by atoms with E-state index in [1.165, 1.54) is 11.1 Å². The Labute approximate surface area is 162 Å². The van der Waals surface area contributed by atoms with Crippen LogP contribution in [-0.2, 0) is 17.8 Å². The average molecular weight is 375 g/mol. The quantitative estimate of drug-likeness (QED) is 0.869. The van der Waals surface area contributed by atoms with Gasteiger partial charge in [-0.3, -0.25) is 4.79 Å². The average Bonchev–Trinajstić information content (AvgIpc) is 2.68. The molecule has 4 nitrogen and oxygen atoms in total. The van der Waals surface area contributed by atoms with Gasteiger partial charge in [-0.15, -0.1) is 12.4 Å². The highest BCUT2D eigenvalue weighted by Crippen LogP contribution is 2.25. The number of methoxy groups -OCH3 is 1. The summed E-state index contributed by atoms with van der Waals surface area (Å²) in [6.45, 7) is 5.00. The molecule has 140 valence electrons. The summed E-state index contributed by atoms with van der Waals surface area (Å²) in [4.78, 5) is 15.1. The predicted octanol–water partition coefficient (Wildman–Crippen LogP) is 3.60. The Balaban J connectivity index is 0.00000243. The van der Waals surface area contributed by atoms with Gasteiger partial charge in [-0.2, -0.15) is 0 Å². The van der Waals surface area contributed by atoms with Gasteiger partial charge >= 0.3 is 0 Å². The van der Waals surface area contributed by atoms with Crippen LogP contribution in [0.5, 0.6) is 0 Å². The van der Waals surface area contributed by atoms with E-state index in [0.29, 0.717) is 13.2 Å². The van der Waals surface area contributed by atoms with Gasteiger partial charge in [-0.1, -0.05) is 43.3 Å². The molecule has 26 heavy (non-hydrogen) atoms. The fourth-order valence-electron chi connectivity index (χ4n) is 3.35. The highest BCUT2D eigenvalue weighted by molar-refractivity contribution is 5.94. The molecule has 1 aliphatic heterocycles.